The number of para-hydroxylation sites is 2. The first-order valence-corrected chi connectivity index (χ1v) is 10.6. The van der Waals surface area contributed by atoms with Gasteiger partial charge in [-0.15, -0.1) is 0 Å². The zero-order valence-electron chi connectivity index (χ0n) is 17.8. The van der Waals surface area contributed by atoms with E-state index in [0.717, 1.165) is 39.6 Å². The van der Waals surface area contributed by atoms with E-state index in [0.29, 0.717) is 12.6 Å². The lowest BCUT2D eigenvalue weighted by molar-refractivity contribution is 0.306. The third kappa shape index (κ3) is 3.73. The maximum absolute atomic E-state index is 5.98. The molecule has 0 amide bonds. The molecule has 5 rings (SSSR count). The Kier molecular flexibility index (Phi) is 5.04. The Bertz CT molecular complexity index is 1300. The molecule has 0 aliphatic heterocycles. The van der Waals surface area contributed by atoms with Gasteiger partial charge in [-0.3, -0.25) is 4.57 Å². The Morgan fingerprint density at radius 3 is 2.32 bits per heavy atom. The van der Waals surface area contributed by atoms with Crippen molar-refractivity contribution in [2.75, 3.05) is 0 Å². The minimum absolute atomic E-state index is 0.354. The molecule has 2 aromatic heterocycles. The van der Waals surface area contributed by atoms with Crippen LogP contribution in [-0.2, 0) is 6.61 Å². The summed E-state index contributed by atoms with van der Waals surface area (Å²) < 4.78 is 10.5. The first-order chi connectivity index (χ1) is 15.2. The fourth-order valence-electron chi connectivity index (χ4n) is 3.93. The largest absolute Gasteiger partial charge is 0.489 e. The van der Waals surface area contributed by atoms with Crippen molar-refractivity contribution in [2.45, 2.75) is 26.5 Å². The molecule has 0 saturated carbocycles. The molecule has 0 spiro atoms. The third-order valence-electron chi connectivity index (χ3n) is 5.47. The zero-order valence-corrected chi connectivity index (χ0v) is 17.8. The van der Waals surface area contributed by atoms with E-state index in [-0.39, 0.29) is 0 Å². The average molecular weight is 408 g/mol. The van der Waals surface area contributed by atoms with E-state index in [2.05, 4.69) is 83.8 Å². The first kappa shape index (κ1) is 19.2. The summed E-state index contributed by atoms with van der Waals surface area (Å²) >= 11 is 0. The van der Waals surface area contributed by atoms with Crippen molar-refractivity contribution in [1.29, 1.82) is 0 Å². The number of fused-ring (bicyclic) bond motifs is 1. The number of benzene rings is 3. The lowest BCUT2D eigenvalue weighted by atomic mass is 10.2. The summed E-state index contributed by atoms with van der Waals surface area (Å²) in [4.78, 5) is 4.98. The third-order valence-corrected chi connectivity index (χ3v) is 5.47. The van der Waals surface area contributed by atoms with Gasteiger partial charge < -0.3 is 9.30 Å². The lowest BCUT2D eigenvalue weighted by Gasteiger charge is -2.15. The molecule has 4 heteroatoms. The van der Waals surface area contributed by atoms with Gasteiger partial charge in [-0.25, -0.2) is 4.98 Å². The van der Waals surface area contributed by atoms with Gasteiger partial charge in [-0.2, -0.15) is 0 Å². The number of imidazole rings is 1. The van der Waals surface area contributed by atoms with Crippen LogP contribution in [0.5, 0.6) is 5.75 Å². The molecule has 154 valence electrons. The van der Waals surface area contributed by atoms with Gasteiger partial charge in [0.1, 0.15) is 12.4 Å². The minimum Gasteiger partial charge on any atom is -0.489 e. The van der Waals surface area contributed by atoms with Crippen molar-refractivity contribution in [1.82, 2.24) is 14.1 Å². The molecular formula is C27H25N3O. The fourth-order valence-corrected chi connectivity index (χ4v) is 3.93. The summed E-state index contributed by atoms with van der Waals surface area (Å²) in [6, 6.07) is 31.3. The lowest BCUT2D eigenvalue weighted by Crippen LogP contribution is -2.05. The average Bonchev–Trinajstić information content (AvgIpc) is 3.44. The van der Waals surface area contributed by atoms with Crippen LogP contribution in [0, 0.1) is 0 Å². The van der Waals surface area contributed by atoms with E-state index in [9.17, 15) is 0 Å². The van der Waals surface area contributed by atoms with Crippen molar-refractivity contribution in [2.24, 2.45) is 0 Å². The van der Waals surface area contributed by atoms with Crippen molar-refractivity contribution >= 4 is 11.0 Å². The van der Waals surface area contributed by atoms with Crippen LogP contribution in [0.25, 0.3) is 28.2 Å². The predicted octanol–water partition coefficient (Wildman–Crippen LogP) is 6.65. The van der Waals surface area contributed by atoms with Crippen molar-refractivity contribution in [3.05, 3.63) is 103 Å². The molecule has 0 N–H and O–H groups in total. The van der Waals surface area contributed by atoms with E-state index >= 15 is 0 Å². The molecule has 0 unspecified atom stereocenters. The van der Waals surface area contributed by atoms with Crippen molar-refractivity contribution < 1.29 is 4.74 Å². The molecule has 31 heavy (non-hydrogen) atoms. The number of nitrogens with zero attached hydrogens (tertiary/aromatic N) is 3. The molecule has 0 aliphatic rings. The number of hydrogen-bond donors (Lipinski definition) is 0. The van der Waals surface area contributed by atoms with Gasteiger partial charge in [0, 0.05) is 17.9 Å². The topological polar surface area (TPSA) is 32.0 Å². The summed E-state index contributed by atoms with van der Waals surface area (Å²) in [5.74, 6) is 1.79. The maximum Gasteiger partial charge on any atom is 0.162 e. The Hall–Kier alpha value is -3.79. The van der Waals surface area contributed by atoms with Crippen LogP contribution < -0.4 is 4.74 Å². The Labute approximate surface area is 182 Å². The zero-order chi connectivity index (χ0) is 21.2. The minimum atomic E-state index is 0.354. The van der Waals surface area contributed by atoms with Crippen LogP contribution in [0.1, 0.15) is 25.5 Å². The van der Waals surface area contributed by atoms with E-state index in [1.54, 1.807) is 0 Å². The number of rotatable bonds is 6. The van der Waals surface area contributed by atoms with E-state index in [1.165, 1.54) is 0 Å². The molecule has 5 aromatic rings. The number of aromatic nitrogens is 3. The van der Waals surface area contributed by atoms with Gasteiger partial charge in [0.2, 0.25) is 0 Å². The van der Waals surface area contributed by atoms with Crippen LogP contribution in [0.2, 0.25) is 0 Å². The smallest absolute Gasteiger partial charge is 0.162 e. The number of ether oxygens (including phenoxy) is 1. The Balaban J connectivity index is 1.53. The molecule has 0 saturated heterocycles. The van der Waals surface area contributed by atoms with Gasteiger partial charge in [-0.1, -0.05) is 42.5 Å². The van der Waals surface area contributed by atoms with E-state index < -0.39 is 0 Å². The van der Waals surface area contributed by atoms with Gasteiger partial charge in [0.25, 0.3) is 0 Å². The van der Waals surface area contributed by atoms with Gasteiger partial charge >= 0.3 is 0 Å². The summed E-state index contributed by atoms with van der Waals surface area (Å²) in [6.07, 6.45) is 2.12. The quantitative estimate of drug-likeness (QED) is 0.315. The van der Waals surface area contributed by atoms with E-state index in [1.807, 2.05) is 36.4 Å². The standard InChI is InChI=1S/C27H25N3O/c1-20(2)29-18-8-13-26(29)27-28-24-11-6-7-12-25(24)30(27)22-14-16-23(17-15-22)31-19-21-9-4-3-5-10-21/h3-18,20H,19H2,1-2H3. The molecule has 2 heterocycles. The van der Waals surface area contributed by atoms with Crippen molar-refractivity contribution in [3.8, 4) is 23.0 Å². The highest BCUT2D eigenvalue weighted by Crippen LogP contribution is 2.31. The number of hydrogen-bond acceptors (Lipinski definition) is 2. The Morgan fingerprint density at radius 1 is 0.806 bits per heavy atom. The SMILES string of the molecule is CC(C)n1cccc1-c1nc2ccccc2n1-c1ccc(OCc2ccccc2)cc1. The van der Waals surface area contributed by atoms with Crippen LogP contribution in [0.3, 0.4) is 0 Å². The molecule has 0 aliphatic carbocycles. The molecule has 0 bridgehead atoms. The molecule has 3 aromatic carbocycles. The van der Waals surface area contributed by atoms with Gasteiger partial charge in [-0.05, 0) is 67.9 Å². The first-order valence-electron chi connectivity index (χ1n) is 10.6. The Morgan fingerprint density at radius 2 is 1.55 bits per heavy atom. The second-order valence-corrected chi connectivity index (χ2v) is 7.92. The summed E-state index contributed by atoms with van der Waals surface area (Å²) in [5, 5.41) is 0. The highest BCUT2D eigenvalue weighted by Gasteiger charge is 2.17. The normalized spacial score (nSPS) is 11.3. The van der Waals surface area contributed by atoms with Crippen LogP contribution in [0.4, 0.5) is 0 Å². The second kappa shape index (κ2) is 8.15. The van der Waals surface area contributed by atoms with Crippen LogP contribution in [-0.4, -0.2) is 14.1 Å². The van der Waals surface area contributed by atoms with E-state index in [4.69, 9.17) is 9.72 Å². The van der Waals surface area contributed by atoms with Gasteiger partial charge in [0.05, 0.1) is 16.7 Å². The van der Waals surface area contributed by atoms with Crippen LogP contribution >= 0.6 is 0 Å². The maximum atomic E-state index is 5.98. The summed E-state index contributed by atoms with van der Waals surface area (Å²) in [6.45, 7) is 4.94. The summed E-state index contributed by atoms with van der Waals surface area (Å²) in [5.41, 5.74) is 5.40. The second-order valence-electron chi connectivity index (χ2n) is 7.92. The van der Waals surface area contributed by atoms with Gasteiger partial charge in [0.15, 0.2) is 5.82 Å². The monoisotopic (exact) mass is 407 g/mol. The highest BCUT2D eigenvalue weighted by atomic mass is 16.5. The van der Waals surface area contributed by atoms with Crippen molar-refractivity contribution in [3.63, 3.8) is 0 Å². The molecule has 0 fully saturated rings. The predicted molar refractivity (Wildman–Crippen MR) is 126 cm³/mol. The highest BCUT2D eigenvalue weighted by molar-refractivity contribution is 5.82. The molecular weight excluding hydrogens is 382 g/mol. The fraction of sp³-hybridized carbons (Fsp3) is 0.148. The molecule has 4 nitrogen and oxygen atoms in total. The molecule has 0 atom stereocenters. The molecule has 0 radical (unpaired) electrons. The van der Waals surface area contributed by atoms with Crippen LogP contribution in [0.15, 0.2) is 97.2 Å². The summed E-state index contributed by atoms with van der Waals surface area (Å²) in [7, 11) is 0.